The lowest BCUT2D eigenvalue weighted by molar-refractivity contribution is 0.407. The van der Waals surface area contributed by atoms with Crippen molar-refractivity contribution in [3.05, 3.63) is 44.4 Å². The van der Waals surface area contributed by atoms with E-state index in [1.54, 1.807) is 0 Å². The molecule has 4 nitrogen and oxygen atoms in total. The Morgan fingerprint density at radius 1 is 1.25 bits per heavy atom. The number of ether oxygens (including phenoxy) is 1. The highest BCUT2D eigenvalue weighted by Crippen LogP contribution is 2.33. The van der Waals surface area contributed by atoms with E-state index in [1.807, 2.05) is 13.8 Å². The summed E-state index contributed by atoms with van der Waals surface area (Å²) in [6.45, 7) is 4.05. The van der Waals surface area contributed by atoms with Crippen molar-refractivity contribution in [3.63, 3.8) is 0 Å². The molecule has 0 radical (unpaired) electrons. The second-order valence-electron chi connectivity index (χ2n) is 5.44. The number of methoxy groups -OCH3 is 1. The van der Waals surface area contributed by atoms with Crippen molar-refractivity contribution in [1.82, 2.24) is 9.55 Å². The van der Waals surface area contributed by atoms with Crippen LogP contribution >= 0.6 is 23.2 Å². The second kappa shape index (κ2) is 7.49. The van der Waals surface area contributed by atoms with Crippen molar-refractivity contribution in [2.24, 2.45) is 5.92 Å². The lowest BCUT2D eigenvalue weighted by Crippen LogP contribution is -2.27. The number of benzene rings is 1. The number of nitrogens with zero attached hydrogens (tertiary/aromatic N) is 2. The minimum absolute atomic E-state index is 0.0163. The van der Waals surface area contributed by atoms with Crippen LogP contribution in [0.25, 0.3) is 11.3 Å². The maximum atomic E-state index is 14.4. The zero-order valence-corrected chi connectivity index (χ0v) is 14.9. The lowest BCUT2D eigenvalue weighted by atomic mass is 10.1. The molecule has 130 valence electrons. The van der Waals surface area contributed by atoms with Crippen LogP contribution < -0.4 is 10.3 Å². The molecule has 24 heavy (non-hydrogen) atoms. The zero-order valence-electron chi connectivity index (χ0n) is 13.4. The third kappa shape index (κ3) is 3.54. The molecule has 2 rings (SSSR count). The zero-order chi connectivity index (χ0) is 18.0. The Bertz CT molecular complexity index is 801. The van der Waals surface area contributed by atoms with Crippen LogP contribution in [-0.4, -0.2) is 16.7 Å². The van der Waals surface area contributed by atoms with Gasteiger partial charge in [-0.25, -0.2) is 13.8 Å². The molecule has 1 aromatic heterocycles. The Morgan fingerprint density at radius 3 is 2.33 bits per heavy atom. The molecular formula is C16H16Cl2F2N2O2. The van der Waals surface area contributed by atoms with Gasteiger partial charge in [0.25, 0.3) is 5.56 Å². The highest BCUT2D eigenvalue weighted by atomic mass is 35.5. The van der Waals surface area contributed by atoms with Crippen LogP contribution in [0.15, 0.2) is 16.9 Å². The fourth-order valence-electron chi connectivity index (χ4n) is 2.26. The summed E-state index contributed by atoms with van der Waals surface area (Å²) >= 11 is 11.9. The Kier molecular flexibility index (Phi) is 5.83. The molecule has 1 unspecified atom stereocenters. The minimum Gasteiger partial charge on any atom is -0.497 e. The van der Waals surface area contributed by atoms with Crippen molar-refractivity contribution >= 4 is 23.2 Å². The van der Waals surface area contributed by atoms with Gasteiger partial charge >= 0.3 is 0 Å². The number of aromatic nitrogens is 2. The Hall–Kier alpha value is -1.66. The van der Waals surface area contributed by atoms with Crippen LogP contribution in [0.2, 0.25) is 10.3 Å². The molecule has 0 N–H and O–H groups in total. The monoisotopic (exact) mass is 376 g/mol. The van der Waals surface area contributed by atoms with Crippen LogP contribution in [0.4, 0.5) is 8.78 Å². The van der Waals surface area contributed by atoms with E-state index in [-0.39, 0.29) is 34.2 Å². The molecule has 0 amide bonds. The summed E-state index contributed by atoms with van der Waals surface area (Å²) in [7, 11) is 1.30. The van der Waals surface area contributed by atoms with E-state index >= 15 is 0 Å². The topological polar surface area (TPSA) is 44.1 Å². The molecule has 0 aliphatic heterocycles. The summed E-state index contributed by atoms with van der Waals surface area (Å²) in [5.41, 5.74) is -1.22. The molecule has 1 atom stereocenters. The summed E-state index contributed by atoms with van der Waals surface area (Å²) in [5, 5.41) is -0.591. The first kappa shape index (κ1) is 18.7. The molecule has 1 aromatic carbocycles. The van der Waals surface area contributed by atoms with Crippen molar-refractivity contribution in [2.45, 2.75) is 26.8 Å². The van der Waals surface area contributed by atoms with Crippen LogP contribution in [0.3, 0.4) is 0 Å². The Morgan fingerprint density at radius 2 is 1.83 bits per heavy atom. The fourth-order valence-corrected chi connectivity index (χ4v) is 2.77. The molecule has 0 saturated carbocycles. The van der Waals surface area contributed by atoms with E-state index in [1.165, 1.54) is 11.7 Å². The van der Waals surface area contributed by atoms with Crippen LogP contribution in [0.5, 0.6) is 5.75 Å². The summed E-state index contributed by atoms with van der Waals surface area (Å²) < 4.78 is 34.9. The minimum atomic E-state index is -0.907. The van der Waals surface area contributed by atoms with Crippen molar-refractivity contribution in [2.75, 3.05) is 7.11 Å². The van der Waals surface area contributed by atoms with Crippen LogP contribution in [-0.2, 0) is 6.54 Å². The molecule has 0 fully saturated rings. The van der Waals surface area contributed by atoms with Gasteiger partial charge in [0.05, 0.1) is 18.4 Å². The van der Waals surface area contributed by atoms with Gasteiger partial charge in [-0.05, 0) is 5.92 Å². The van der Waals surface area contributed by atoms with Gasteiger partial charge in [-0.3, -0.25) is 4.79 Å². The third-order valence-corrected chi connectivity index (χ3v) is 4.27. The van der Waals surface area contributed by atoms with E-state index in [0.717, 1.165) is 18.6 Å². The van der Waals surface area contributed by atoms with E-state index in [0.29, 0.717) is 0 Å². The van der Waals surface area contributed by atoms with E-state index < -0.39 is 22.8 Å². The number of halogens is 4. The lowest BCUT2D eigenvalue weighted by Gasteiger charge is -2.18. The fraction of sp³-hybridized carbons (Fsp3) is 0.375. The Labute approximate surface area is 148 Å². The van der Waals surface area contributed by atoms with Gasteiger partial charge in [-0.15, -0.1) is 0 Å². The summed E-state index contributed by atoms with van der Waals surface area (Å²) in [6.07, 6.45) is 0.761. The van der Waals surface area contributed by atoms with Gasteiger partial charge in [0.15, 0.2) is 10.3 Å². The van der Waals surface area contributed by atoms with Crippen LogP contribution in [0, 0.1) is 17.6 Å². The average molecular weight is 377 g/mol. The molecule has 0 aliphatic carbocycles. The Balaban J connectivity index is 2.79. The molecular weight excluding hydrogens is 361 g/mol. The molecule has 0 spiro atoms. The SMILES string of the molecule is CCC(C)Cn1c(-c2c(F)cc(OC)cc2F)c(Cl)nc(Cl)c1=O. The van der Waals surface area contributed by atoms with Crippen molar-refractivity contribution < 1.29 is 13.5 Å². The summed E-state index contributed by atoms with van der Waals surface area (Å²) in [5.74, 6) is -1.73. The molecule has 0 aliphatic rings. The summed E-state index contributed by atoms with van der Waals surface area (Å²) in [4.78, 5) is 16.1. The highest BCUT2D eigenvalue weighted by molar-refractivity contribution is 6.33. The van der Waals surface area contributed by atoms with Gasteiger partial charge in [-0.1, -0.05) is 43.5 Å². The highest BCUT2D eigenvalue weighted by Gasteiger charge is 2.24. The normalized spacial score (nSPS) is 12.3. The van der Waals surface area contributed by atoms with Gasteiger partial charge < -0.3 is 9.30 Å². The van der Waals surface area contributed by atoms with E-state index in [4.69, 9.17) is 27.9 Å². The third-order valence-electron chi connectivity index (χ3n) is 3.76. The molecule has 0 bridgehead atoms. The predicted molar refractivity (Wildman–Crippen MR) is 89.9 cm³/mol. The van der Waals surface area contributed by atoms with Crippen molar-refractivity contribution in [3.8, 4) is 17.0 Å². The largest absolute Gasteiger partial charge is 0.497 e. The maximum absolute atomic E-state index is 14.4. The second-order valence-corrected chi connectivity index (χ2v) is 6.15. The maximum Gasteiger partial charge on any atom is 0.288 e. The molecule has 8 heteroatoms. The molecule has 0 saturated heterocycles. The van der Waals surface area contributed by atoms with Gasteiger partial charge in [0.1, 0.15) is 17.4 Å². The number of rotatable bonds is 5. The van der Waals surface area contributed by atoms with E-state index in [9.17, 15) is 13.6 Å². The summed E-state index contributed by atoms with van der Waals surface area (Å²) in [6, 6.07) is 2.03. The first-order valence-corrected chi connectivity index (χ1v) is 8.04. The van der Waals surface area contributed by atoms with Gasteiger partial charge in [0.2, 0.25) is 0 Å². The molecule has 2 aromatic rings. The quantitative estimate of drug-likeness (QED) is 0.768. The van der Waals surface area contributed by atoms with Gasteiger partial charge in [-0.2, -0.15) is 0 Å². The first-order valence-electron chi connectivity index (χ1n) is 7.29. The molecule has 1 heterocycles. The average Bonchev–Trinajstić information content (AvgIpc) is 2.53. The first-order chi connectivity index (χ1) is 11.3. The number of hydrogen-bond donors (Lipinski definition) is 0. The smallest absolute Gasteiger partial charge is 0.288 e. The number of hydrogen-bond acceptors (Lipinski definition) is 3. The van der Waals surface area contributed by atoms with Gasteiger partial charge in [0, 0.05) is 18.7 Å². The van der Waals surface area contributed by atoms with Crippen molar-refractivity contribution in [1.29, 1.82) is 0 Å². The predicted octanol–water partition coefficient (Wildman–Crippen LogP) is 4.55. The van der Waals surface area contributed by atoms with E-state index in [2.05, 4.69) is 4.98 Å². The van der Waals surface area contributed by atoms with Crippen LogP contribution in [0.1, 0.15) is 20.3 Å². The standard InChI is InChI=1S/C16H16Cl2F2N2O2/c1-4-8(2)7-22-13(14(17)21-15(18)16(22)23)12-10(19)5-9(24-3)6-11(12)20/h5-6,8H,4,7H2,1-3H3.